The molecule has 2 fully saturated rings. The van der Waals surface area contributed by atoms with Gasteiger partial charge in [0.2, 0.25) is 5.95 Å². The zero-order valence-electron chi connectivity index (χ0n) is 17.9. The summed E-state index contributed by atoms with van der Waals surface area (Å²) in [6, 6.07) is 7.88. The van der Waals surface area contributed by atoms with Gasteiger partial charge in [-0.3, -0.25) is 0 Å². The number of hydrogen-bond acceptors (Lipinski definition) is 9. The second kappa shape index (κ2) is 7.93. The van der Waals surface area contributed by atoms with Crippen LogP contribution in [0.5, 0.6) is 5.75 Å². The number of aromatic nitrogens is 5. The lowest BCUT2D eigenvalue weighted by molar-refractivity contribution is 0.0839. The molecule has 10 nitrogen and oxygen atoms in total. The molecule has 1 N–H and O–H groups in total. The zero-order valence-corrected chi connectivity index (χ0v) is 17.9. The summed E-state index contributed by atoms with van der Waals surface area (Å²) in [5.74, 6) is 2.19. The number of benzene rings is 1. The average molecular weight is 425 g/mol. The number of nitrogens with zero attached hydrogens (tertiary/aromatic N) is 7. The summed E-state index contributed by atoms with van der Waals surface area (Å²) in [5.41, 5.74) is 1.68. The molecule has 1 unspecified atom stereocenters. The molecule has 2 saturated heterocycles. The lowest BCUT2D eigenvalue weighted by atomic mass is 10.1. The number of β-amino-alcohol motifs (C(OH)–C–C–N with tert-alkyl or cyclic N) is 1. The molecular formula is C21H27N7O3. The van der Waals surface area contributed by atoms with Crippen LogP contribution in [0.15, 0.2) is 24.3 Å². The van der Waals surface area contributed by atoms with E-state index >= 15 is 0 Å². The fourth-order valence-electron chi connectivity index (χ4n) is 4.09. The number of ether oxygens (including phenoxy) is 2. The minimum atomic E-state index is -0.741. The van der Waals surface area contributed by atoms with Gasteiger partial charge in [-0.05, 0) is 31.0 Å². The molecule has 1 aromatic carbocycles. The van der Waals surface area contributed by atoms with Crippen LogP contribution in [0, 0.1) is 0 Å². The van der Waals surface area contributed by atoms with Crippen LogP contribution < -0.4 is 14.5 Å². The van der Waals surface area contributed by atoms with E-state index in [9.17, 15) is 5.11 Å². The van der Waals surface area contributed by atoms with Crippen molar-refractivity contribution in [3.8, 4) is 5.75 Å². The van der Waals surface area contributed by atoms with E-state index < -0.39 is 5.60 Å². The SMILES string of the molecule is COc1ccc(Cn2nnc3c(N4CCC(C)(O)C4)nc(N4CCOCC4)nc32)cc1. The first-order valence-electron chi connectivity index (χ1n) is 10.6. The maximum atomic E-state index is 10.5. The van der Waals surface area contributed by atoms with E-state index in [0.717, 1.165) is 30.2 Å². The third-order valence-electron chi connectivity index (χ3n) is 5.87. The van der Waals surface area contributed by atoms with Crippen LogP contribution in [-0.2, 0) is 11.3 Å². The molecule has 0 saturated carbocycles. The quantitative estimate of drug-likeness (QED) is 0.643. The van der Waals surface area contributed by atoms with E-state index in [2.05, 4.69) is 20.1 Å². The van der Waals surface area contributed by atoms with Gasteiger partial charge in [0.1, 0.15) is 5.75 Å². The number of hydrogen-bond donors (Lipinski definition) is 1. The number of anilines is 2. The fraction of sp³-hybridized carbons (Fsp3) is 0.524. The summed E-state index contributed by atoms with van der Waals surface area (Å²) < 4.78 is 12.5. The molecule has 2 aromatic heterocycles. The summed E-state index contributed by atoms with van der Waals surface area (Å²) in [7, 11) is 1.65. The fourth-order valence-corrected chi connectivity index (χ4v) is 4.09. The Balaban J connectivity index is 1.55. The summed E-state index contributed by atoms with van der Waals surface area (Å²) in [4.78, 5) is 13.9. The minimum Gasteiger partial charge on any atom is -0.497 e. The summed E-state index contributed by atoms with van der Waals surface area (Å²) >= 11 is 0. The molecule has 1 atom stereocenters. The van der Waals surface area contributed by atoms with Crippen molar-refractivity contribution in [3.63, 3.8) is 0 Å². The van der Waals surface area contributed by atoms with Crippen molar-refractivity contribution in [1.29, 1.82) is 0 Å². The largest absolute Gasteiger partial charge is 0.497 e. The predicted octanol–water partition coefficient (Wildman–Crippen LogP) is 1.08. The van der Waals surface area contributed by atoms with Gasteiger partial charge in [0, 0.05) is 26.2 Å². The standard InChI is InChI=1S/C21H27N7O3/c1-21(29)7-8-27(14-21)18-17-19(23-20(22-18)26-9-11-31-12-10-26)28(25-24-17)13-15-3-5-16(30-2)6-4-15/h3-6,29H,7-14H2,1-2H3. The van der Waals surface area contributed by atoms with Crippen molar-refractivity contribution in [2.45, 2.75) is 25.5 Å². The van der Waals surface area contributed by atoms with Gasteiger partial charge in [0.15, 0.2) is 17.0 Å². The van der Waals surface area contributed by atoms with Crippen LogP contribution in [0.4, 0.5) is 11.8 Å². The molecule has 164 valence electrons. The maximum Gasteiger partial charge on any atom is 0.229 e. The van der Waals surface area contributed by atoms with Gasteiger partial charge in [-0.1, -0.05) is 17.3 Å². The first-order chi connectivity index (χ1) is 15.0. The number of morpholine rings is 1. The first-order valence-corrected chi connectivity index (χ1v) is 10.6. The van der Waals surface area contributed by atoms with E-state index in [1.165, 1.54) is 0 Å². The monoisotopic (exact) mass is 425 g/mol. The molecule has 2 aliphatic heterocycles. The van der Waals surface area contributed by atoms with Crippen molar-refractivity contribution in [2.75, 3.05) is 56.3 Å². The third-order valence-corrected chi connectivity index (χ3v) is 5.87. The summed E-state index contributed by atoms with van der Waals surface area (Å²) in [5, 5.41) is 19.3. The van der Waals surface area contributed by atoms with Gasteiger partial charge >= 0.3 is 0 Å². The molecule has 0 spiro atoms. The van der Waals surface area contributed by atoms with Gasteiger partial charge in [-0.25, -0.2) is 4.68 Å². The number of fused-ring (bicyclic) bond motifs is 1. The molecular weight excluding hydrogens is 398 g/mol. The molecule has 0 bridgehead atoms. The van der Waals surface area contributed by atoms with Crippen LogP contribution in [0.25, 0.3) is 11.2 Å². The second-order valence-electron chi connectivity index (χ2n) is 8.38. The molecule has 3 aromatic rings. The highest BCUT2D eigenvalue weighted by molar-refractivity contribution is 5.84. The molecule has 0 amide bonds. The maximum absolute atomic E-state index is 10.5. The lowest BCUT2D eigenvalue weighted by Gasteiger charge is -2.28. The molecule has 0 aliphatic carbocycles. The topological polar surface area (TPSA) is 102 Å². The van der Waals surface area contributed by atoms with E-state index in [4.69, 9.17) is 19.4 Å². The lowest BCUT2D eigenvalue weighted by Crippen LogP contribution is -2.38. The predicted molar refractivity (Wildman–Crippen MR) is 116 cm³/mol. The summed E-state index contributed by atoms with van der Waals surface area (Å²) in [6.45, 7) is 6.40. The normalized spacial score (nSPS) is 21.8. The summed E-state index contributed by atoms with van der Waals surface area (Å²) in [6.07, 6.45) is 0.686. The van der Waals surface area contributed by atoms with Crippen molar-refractivity contribution in [2.24, 2.45) is 0 Å². The van der Waals surface area contributed by atoms with Gasteiger partial charge in [0.05, 0.1) is 32.5 Å². The Hall–Kier alpha value is -2.98. The van der Waals surface area contributed by atoms with Crippen LogP contribution in [0.2, 0.25) is 0 Å². The first kappa shape index (κ1) is 20.0. The van der Waals surface area contributed by atoms with Crippen LogP contribution in [0.3, 0.4) is 0 Å². The van der Waals surface area contributed by atoms with Crippen molar-refractivity contribution >= 4 is 22.9 Å². The highest BCUT2D eigenvalue weighted by atomic mass is 16.5. The highest BCUT2D eigenvalue weighted by Gasteiger charge is 2.34. The minimum absolute atomic E-state index is 0.507. The Morgan fingerprint density at radius 3 is 2.55 bits per heavy atom. The Morgan fingerprint density at radius 2 is 1.87 bits per heavy atom. The van der Waals surface area contributed by atoms with E-state index in [0.29, 0.717) is 56.4 Å². The zero-order chi connectivity index (χ0) is 21.4. The second-order valence-corrected chi connectivity index (χ2v) is 8.38. The van der Waals surface area contributed by atoms with Crippen molar-refractivity contribution < 1.29 is 14.6 Å². The Morgan fingerprint density at radius 1 is 1.10 bits per heavy atom. The highest BCUT2D eigenvalue weighted by Crippen LogP contribution is 2.31. The molecule has 5 rings (SSSR count). The van der Waals surface area contributed by atoms with Gasteiger partial charge in [0.25, 0.3) is 0 Å². The third kappa shape index (κ3) is 4.00. The number of rotatable bonds is 5. The molecule has 10 heteroatoms. The van der Waals surface area contributed by atoms with E-state index in [1.54, 1.807) is 11.8 Å². The molecule has 4 heterocycles. The smallest absolute Gasteiger partial charge is 0.229 e. The average Bonchev–Trinajstić information content (AvgIpc) is 3.37. The van der Waals surface area contributed by atoms with Gasteiger partial charge < -0.3 is 24.4 Å². The molecule has 0 radical (unpaired) electrons. The van der Waals surface area contributed by atoms with Crippen LogP contribution in [0.1, 0.15) is 18.9 Å². The van der Waals surface area contributed by atoms with E-state index in [-0.39, 0.29) is 0 Å². The molecule has 31 heavy (non-hydrogen) atoms. The van der Waals surface area contributed by atoms with Gasteiger partial charge in [-0.2, -0.15) is 9.97 Å². The Bertz CT molecular complexity index is 1060. The van der Waals surface area contributed by atoms with Crippen molar-refractivity contribution in [3.05, 3.63) is 29.8 Å². The van der Waals surface area contributed by atoms with Crippen LogP contribution >= 0.6 is 0 Å². The Kier molecular flexibility index (Phi) is 5.11. The Labute approximate surface area is 180 Å². The van der Waals surface area contributed by atoms with Gasteiger partial charge in [-0.15, -0.1) is 5.10 Å². The number of aliphatic hydroxyl groups is 1. The number of methoxy groups -OCH3 is 1. The van der Waals surface area contributed by atoms with Crippen LogP contribution in [-0.4, -0.2) is 82.2 Å². The molecule has 2 aliphatic rings. The van der Waals surface area contributed by atoms with Crippen molar-refractivity contribution in [1.82, 2.24) is 25.0 Å². The van der Waals surface area contributed by atoms with E-state index in [1.807, 2.05) is 31.2 Å².